The SMILES string of the molecule is C=CCN(CCCC)C(=O)C1N(CCCCCCO)C(=O)[C@@H]2[C@@H](C(=O)O)[C@@H]3OC12CC3Br. The first-order valence-electron chi connectivity index (χ1n) is 11.7. The second-order valence-electron chi connectivity index (χ2n) is 9.10. The summed E-state index contributed by atoms with van der Waals surface area (Å²) in [5.74, 6) is -3.32. The number of aliphatic hydroxyl groups is 1. The average Bonchev–Trinajstić information content (AvgIpc) is 3.34. The molecule has 0 aromatic heterocycles. The van der Waals surface area contributed by atoms with Crippen LogP contribution in [0.5, 0.6) is 0 Å². The Hall–Kier alpha value is -1.45. The van der Waals surface area contributed by atoms with Gasteiger partial charge in [-0.15, -0.1) is 6.58 Å². The number of fused-ring (bicyclic) bond motifs is 1. The average molecular weight is 515 g/mol. The zero-order valence-electron chi connectivity index (χ0n) is 18.7. The molecule has 3 aliphatic heterocycles. The summed E-state index contributed by atoms with van der Waals surface area (Å²) >= 11 is 3.56. The minimum absolute atomic E-state index is 0.130. The molecule has 6 atom stereocenters. The lowest BCUT2D eigenvalue weighted by molar-refractivity contribution is -0.150. The Morgan fingerprint density at radius 3 is 2.66 bits per heavy atom. The molecule has 0 aromatic carbocycles. The highest BCUT2D eigenvalue weighted by atomic mass is 79.9. The lowest BCUT2D eigenvalue weighted by Gasteiger charge is -2.37. The van der Waals surface area contributed by atoms with Crippen molar-refractivity contribution < 1.29 is 29.3 Å². The minimum Gasteiger partial charge on any atom is -0.481 e. The quantitative estimate of drug-likeness (QED) is 0.221. The van der Waals surface area contributed by atoms with Crippen LogP contribution in [-0.4, -0.2) is 86.6 Å². The Bertz CT molecular complexity index is 733. The van der Waals surface area contributed by atoms with E-state index < -0.39 is 35.6 Å². The number of nitrogens with zero attached hydrogens (tertiary/aromatic N) is 2. The van der Waals surface area contributed by atoms with E-state index in [1.807, 2.05) is 0 Å². The molecular formula is C23H35BrN2O6. The van der Waals surface area contributed by atoms with E-state index in [1.165, 1.54) is 0 Å². The van der Waals surface area contributed by atoms with Crippen molar-refractivity contribution in [2.45, 2.75) is 74.4 Å². The molecule has 2 N–H and O–H groups in total. The standard InChI is InChI=1S/C23H35BrN2O6/c1-3-5-11-25(10-4-2)21(29)19-23-14-15(24)18(32-23)16(22(30)31)17(23)20(28)26(19)12-8-6-7-9-13-27/h4,15-19,27H,2-3,5-14H2,1H3,(H,30,31)/t15?,16-,17+,18-,19?,23?/m1/s1. The van der Waals surface area contributed by atoms with Gasteiger partial charge in [0.15, 0.2) is 0 Å². The van der Waals surface area contributed by atoms with Crippen molar-refractivity contribution in [3.05, 3.63) is 12.7 Å². The van der Waals surface area contributed by atoms with Gasteiger partial charge < -0.3 is 24.7 Å². The van der Waals surface area contributed by atoms with Crippen molar-refractivity contribution in [2.24, 2.45) is 11.8 Å². The maximum absolute atomic E-state index is 13.8. The molecule has 0 saturated carbocycles. The van der Waals surface area contributed by atoms with E-state index in [9.17, 15) is 19.5 Å². The number of carbonyl (C=O) groups excluding carboxylic acids is 2. The number of halogens is 1. The molecule has 1 spiro atoms. The summed E-state index contributed by atoms with van der Waals surface area (Å²) in [5.41, 5.74) is -1.12. The number of amides is 2. The van der Waals surface area contributed by atoms with E-state index in [4.69, 9.17) is 9.84 Å². The number of carbonyl (C=O) groups is 3. The number of rotatable bonds is 13. The van der Waals surface area contributed by atoms with Gasteiger partial charge in [0, 0.05) is 31.1 Å². The Balaban J connectivity index is 1.93. The summed E-state index contributed by atoms with van der Waals surface area (Å²) in [6.07, 6.45) is 6.30. The van der Waals surface area contributed by atoms with Crippen LogP contribution in [0.15, 0.2) is 12.7 Å². The van der Waals surface area contributed by atoms with Crippen LogP contribution in [0.25, 0.3) is 0 Å². The first-order chi connectivity index (χ1) is 15.3. The maximum atomic E-state index is 13.8. The molecule has 32 heavy (non-hydrogen) atoms. The van der Waals surface area contributed by atoms with Gasteiger partial charge in [-0.2, -0.15) is 0 Å². The predicted octanol–water partition coefficient (Wildman–Crippen LogP) is 2.19. The molecule has 3 aliphatic rings. The second-order valence-corrected chi connectivity index (χ2v) is 10.3. The van der Waals surface area contributed by atoms with Crippen molar-refractivity contribution in [1.29, 1.82) is 0 Å². The van der Waals surface area contributed by atoms with Crippen molar-refractivity contribution in [3.8, 4) is 0 Å². The summed E-state index contributed by atoms with van der Waals surface area (Å²) in [5, 5.41) is 18.9. The number of carboxylic acid groups (broad SMARTS) is 1. The van der Waals surface area contributed by atoms with Gasteiger partial charge in [-0.1, -0.05) is 48.2 Å². The molecule has 0 radical (unpaired) electrons. The van der Waals surface area contributed by atoms with Gasteiger partial charge in [0.25, 0.3) is 0 Å². The molecule has 2 amide bonds. The van der Waals surface area contributed by atoms with Crippen LogP contribution in [0, 0.1) is 11.8 Å². The fourth-order valence-electron chi connectivity index (χ4n) is 5.65. The van der Waals surface area contributed by atoms with Gasteiger partial charge in [-0.05, 0) is 25.7 Å². The van der Waals surface area contributed by atoms with Crippen molar-refractivity contribution >= 4 is 33.7 Å². The highest BCUT2D eigenvalue weighted by molar-refractivity contribution is 9.09. The van der Waals surface area contributed by atoms with E-state index in [2.05, 4.69) is 29.4 Å². The lowest BCUT2D eigenvalue weighted by Crippen LogP contribution is -2.57. The number of carboxylic acids is 1. The highest BCUT2D eigenvalue weighted by Crippen LogP contribution is 2.60. The molecule has 0 aliphatic carbocycles. The number of likely N-dealkylation sites (tertiary alicyclic amines) is 1. The zero-order valence-corrected chi connectivity index (χ0v) is 20.3. The molecule has 2 bridgehead atoms. The summed E-state index contributed by atoms with van der Waals surface area (Å²) < 4.78 is 6.29. The van der Waals surface area contributed by atoms with E-state index in [-0.39, 0.29) is 23.2 Å². The normalized spacial score (nSPS) is 32.9. The maximum Gasteiger partial charge on any atom is 0.310 e. The second kappa shape index (κ2) is 10.7. The molecule has 0 aromatic rings. The first kappa shape index (κ1) is 25.2. The van der Waals surface area contributed by atoms with Gasteiger partial charge in [-0.25, -0.2) is 0 Å². The van der Waals surface area contributed by atoms with Crippen molar-refractivity contribution in [3.63, 3.8) is 0 Å². The molecule has 3 saturated heterocycles. The number of unbranched alkanes of at least 4 members (excludes halogenated alkanes) is 4. The largest absolute Gasteiger partial charge is 0.481 e. The summed E-state index contributed by atoms with van der Waals surface area (Å²) in [6.45, 7) is 7.27. The Morgan fingerprint density at radius 1 is 1.31 bits per heavy atom. The van der Waals surface area contributed by atoms with E-state index in [0.717, 1.165) is 25.7 Å². The van der Waals surface area contributed by atoms with Crippen LogP contribution < -0.4 is 0 Å². The number of ether oxygens (including phenoxy) is 1. The van der Waals surface area contributed by atoms with Crippen LogP contribution in [-0.2, 0) is 19.1 Å². The molecule has 180 valence electrons. The predicted molar refractivity (Wildman–Crippen MR) is 122 cm³/mol. The monoisotopic (exact) mass is 514 g/mol. The van der Waals surface area contributed by atoms with E-state index in [1.54, 1.807) is 15.9 Å². The van der Waals surface area contributed by atoms with Crippen LogP contribution in [0.2, 0.25) is 0 Å². The molecule has 3 heterocycles. The minimum atomic E-state index is -1.12. The number of alkyl halides is 1. The first-order valence-corrected chi connectivity index (χ1v) is 12.6. The van der Waals surface area contributed by atoms with Crippen LogP contribution >= 0.6 is 15.9 Å². The molecule has 9 heteroatoms. The molecule has 3 fully saturated rings. The Labute approximate surface area is 198 Å². The van der Waals surface area contributed by atoms with E-state index >= 15 is 0 Å². The van der Waals surface area contributed by atoms with Gasteiger partial charge in [0.1, 0.15) is 11.6 Å². The summed E-state index contributed by atoms with van der Waals surface area (Å²) in [6, 6.07) is -0.830. The molecule has 3 unspecified atom stereocenters. The molecular weight excluding hydrogens is 480 g/mol. The molecule has 3 rings (SSSR count). The van der Waals surface area contributed by atoms with Crippen LogP contribution in [0.1, 0.15) is 51.9 Å². The third-order valence-electron chi connectivity index (χ3n) is 7.06. The highest BCUT2D eigenvalue weighted by Gasteiger charge is 2.76. The third-order valence-corrected chi connectivity index (χ3v) is 7.90. The van der Waals surface area contributed by atoms with Crippen molar-refractivity contribution in [2.75, 3.05) is 26.2 Å². The number of hydrogen-bond acceptors (Lipinski definition) is 5. The van der Waals surface area contributed by atoms with E-state index in [0.29, 0.717) is 38.9 Å². The molecule has 8 nitrogen and oxygen atoms in total. The fourth-order valence-corrected chi connectivity index (χ4v) is 6.59. The van der Waals surface area contributed by atoms with Crippen LogP contribution in [0.3, 0.4) is 0 Å². The number of aliphatic carboxylic acids is 1. The number of hydrogen-bond donors (Lipinski definition) is 2. The number of aliphatic hydroxyl groups excluding tert-OH is 1. The van der Waals surface area contributed by atoms with Crippen molar-refractivity contribution in [1.82, 2.24) is 9.80 Å². The van der Waals surface area contributed by atoms with Gasteiger partial charge in [0.2, 0.25) is 11.8 Å². The lowest BCUT2D eigenvalue weighted by atomic mass is 9.70. The van der Waals surface area contributed by atoms with Gasteiger partial charge >= 0.3 is 5.97 Å². The zero-order chi connectivity index (χ0) is 23.5. The summed E-state index contributed by atoms with van der Waals surface area (Å²) in [4.78, 5) is 42.6. The fraction of sp³-hybridized carbons (Fsp3) is 0.783. The topological polar surface area (TPSA) is 107 Å². The third kappa shape index (κ3) is 4.35. The van der Waals surface area contributed by atoms with Gasteiger partial charge in [-0.3, -0.25) is 14.4 Å². The Kier molecular flexibility index (Phi) is 8.38. The van der Waals surface area contributed by atoms with Crippen LogP contribution in [0.4, 0.5) is 0 Å². The Morgan fingerprint density at radius 2 is 2.03 bits per heavy atom. The smallest absolute Gasteiger partial charge is 0.310 e. The van der Waals surface area contributed by atoms with Gasteiger partial charge in [0.05, 0.1) is 17.9 Å². The summed E-state index contributed by atoms with van der Waals surface area (Å²) in [7, 11) is 0.